The lowest BCUT2D eigenvalue weighted by Gasteiger charge is -2.00. The average molecular weight is 237 g/mol. The molecule has 0 unspecified atom stereocenters. The van der Waals surface area contributed by atoms with Gasteiger partial charge in [0, 0.05) is 12.6 Å². The molecule has 1 heterocycles. The fourth-order valence-corrected chi connectivity index (χ4v) is 1.59. The molecule has 0 aliphatic carbocycles. The van der Waals surface area contributed by atoms with Crippen LogP contribution in [0.5, 0.6) is 5.75 Å². The first-order valence-electron chi connectivity index (χ1n) is 5.01. The van der Waals surface area contributed by atoms with Crippen LogP contribution in [0.1, 0.15) is 6.42 Å². The summed E-state index contributed by atoms with van der Waals surface area (Å²) >= 11 is 0. The number of oxazole rings is 1. The predicted molar refractivity (Wildman–Crippen MR) is 59.3 cm³/mol. The average Bonchev–Trinajstić information content (AvgIpc) is 2.60. The zero-order valence-corrected chi connectivity index (χ0v) is 9.17. The number of fused-ring (bicyclic) bond motifs is 1. The van der Waals surface area contributed by atoms with Crippen molar-refractivity contribution >= 4 is 17.1 Å². The summed E-state index contributed by atoms with van der Waals surface area (Å²) in [7, 11) is 1.51. The Morgan fingerprint density at radius 1 is 1.53 bits per heavy atom. The van der Waals surface area contributed by atoms with Crippen LogP contribution in [0.2, 0.25) is 0 Å². The van der Waals surface area contributed by atoms with Gasteiger partial charge in [0.1, 0.15) is 5.75 Å². The minimum absolute atomic E-state index is 0.0908. The van der Waals surface area contributed by atoms with E-state index < -0.39 is 11.7 Å². The molecule has 0 fully saturated rings. The van der Waals surface area contributed by atoms with E-state index in [9.17, 15) is 9.59 Å². The number of hydrogen-bond acceptors (Lipinski definition) is 4. The van der Waals surface area contributed by atoms with E-state index in [2.05, 4.69) is 0 Å². The van der Waals surface area contributed by atoms with Crippen molar-refractivity contribution in [2.45, 2.75) is 13.0 Å². The van der Waals surface area contributed by atoms with Crippen LogP contribution >= 0.6 is 0 Å². The first kappa shape index (κ1) is 11.3. The Morgan fingerprint density at radius 2 is 2.29 bits per heavy atom. The summed E-state index contributed by atoms with van der Waals surface area (Å²) in [6.07, 6.45) is -0.124. The van der Waals surface area contributed by atoms with Gasteiger partial charge in [-0.05, 0) is 12.1 Å². The fourth-order valence-electron chi connectivity index (χ4n) is 1.59. The van der Waals surface area contributed by atoms with Gasteiger partial charge in [0.25, 0.3) is 0 Å². The Hall–Kier alpha value is -2.24. The highest BCUT2D eigenvalue weighted by Gasteiger charge is 2.10. The number of aryl methyl sites for hydroxylation is 1. The first-order valence-corrected chi connectivity index (χ1v) is 5.01. The number of aromatic nitrogens is 1. The zero-order chi connectivity index (χ0) is 12.4. The fraction of sp³-hybridized carbons (Fsp3) is 0.273. The number of nitrogens with zero attached hydrogens (tertiary/aromatic N) is 1. The maximum absolute atomic E-state index is 11.5. The number of carboxylic acids is 1. The van der Waals surface area contributed by atoms with Gasteiger partial charge < -0.3 is 14.3 Å². The third kappa shape index (κ3) is 2.15. The summed E-state index contributed by atoms with van der Waals surface area (Å²) in [5.41, 5.74) is 0.955. The number of carbonyl (C=O) groups is 1. The summed E-state index contributed by atoms with van der Waals surface area (Å²) in [5.74, 6) is -0.939. The summed E-state index contributed by atoms with van der Waals surface area (Å²) in [6, 6.07) is 4.95. The molecule has 1 aromatic carbocycles. The topological polar surface area (TPSA) is 81.7 Å². The molecule has 0 bridgehead atoms. The van der Waals surface area contributed by atoms with Gasteiger partial charge >= 0.3 is 11.7 Å². The Labute approximate surface area is 96.0 Å². The second kappa shape index (κ2) is 4.32. The molecule has 0 atom stereocenters. The van der Waals surface area contributed by atoms with Crippen LogP contribution in [0.4, 0.5) is 0 Å². The van der Waals surface area contributed by atoms with E-state index in [-0.39, 0.29) is 13.0 Å². The van der Waals surface area contributed by atoms with Crippen molar-refractivity contribution in [2.75, 3.05) is 7.11 Å². The Balaban J connectivity index is 2.45. The number of aliphatic carboxylic acids is 1. The van der Waals surface area contributed by atoms with Crippen LogP contribution in [0.15, 0.2) is 27.4 Å². The van der Waals surface area contributed by atoms with Crippen LogP contribution in [-0.2, 0) is 11.3 Å². The van der Waals surface area contributed by atoms with E-state index in [1.165, 1.54) is 11.7 Å². The lowest BCUT2D eigenvalue weighted by Crippen LogP contribution is -2.16. The Bertz CT molecular complexity index is 610. The minimum atomic E-state index is -0.959. The summed E-state index contributed by atoms with van der Waals surface area (Å²) in [5, 5.41) is 8.59. The molecule has 6 heteroatoms. The molecule has 0 saturated carbocycles. The van der Waals surface area contributed by atoms with E-state index in [1.807, 2.05) is 0 Å². The molecule has 0 spiro atoms. The number of hydrogen-bond donors (Lipinski definition) is 1. The van der Waals surface area contributed by atoms with E-state index in [4.69, 9.17) is 14.3 Å². The lowest BCUT2D eigenvalue weighted by atomic mass is 10.3. The van der Waals surface area contributed by atoms with Gasteiger partial charge in [-0.1, -0.05) is 0 Å². The molecule has 17 heavy (non-hydrogen) atoms. The normalized spacial score (nSPS) is 10.6. The molecule has 0 saturated heterocycles. The number of benzene rings is 1. The van der Waals surface area contributed by atoms with E-state index in [0.29, 0.717) is 16.8 Å². The van der Waals surface area contributed by atoms with Crippen molar-refractivity contribution in [3.05, 3.63) is 28.7 Å². The van der Waals surface area contributed by atoms with E-state index in [1.54, 1.807) is 18.2 Å². The van der Waals surface area contributed by atoms with Crippen molar-refractivity contribution in [3.8, 4) is 5.75 Å². The summed E-state index contributed by atoms with van der Waals surface area (Å²) in [4.78, 5) is 22.0. The minimum Gasteiger partial charge on any atom is -0.497 e. The highest BCUT2D eigenvalue weighted by atomic mass is 16.5. The number of rotatable bonds is 4. The van der Waals surface area contributed by atoms with Gasteiger partial charge in [-0.15, -0.1) is 0 Å². The second-order valence-corrected chi connectivity index (χ2v) is 3.50. The largest absolute Gasteiger partial charge is 0.497 e. The Morgan fingerprint density at radius 3 is 2.94 bits per heavy atom. The van der Waals surface area contributed by atoms with Crippen LogP contribution < -0.4 is 10.5 Å². The van der Waals surface area contributed by atoms with Gasteiger partial charge in [-0.2, -0.15) is 0 Å². The highest BCUT2D eigenvalue weighted by molar-refractivity contribution is 5.75. The van der Waals surface area contributed by atoms with Crippen molar-refractivity contribution in [1.82, 2.24) is 4.57 Å². The van der Waals surface area contributed by atoms with Crippen molar-refractivity contribution in [1.29, 1.82) is 0 Å². The van der Waals surface area contributed by atoms with Crippen LogP contribution in [0.25, 0.3) is 11.1 Å². The molecule has 0 aliphatic rings. The van der Waals surface area contributed by atoms with Gasteiger partial charge in [-0.25, -0.2) is 4.79 Å². The van der Waals surface area contributed by atoms with Crippen LogP contribution in [0, 0.1) is 0 Å². The molecule has 0 radical (unpaired) electrons. The number of methoxy groups -OCH3 is 1. The SMILES string of the molecule is COc1ccc2c(c1)oc(=O)n2CCC(=O)O. The van der Waals surface area contributed by atoms with Gasteiger partial charge in [0.2, 0.25) is 0 Å². The van der Waals surface area contributed by atoms with Gasteiger partial charge in [-0.3, -0.25) is 9.36 Å². The van der Waals surface area contributed by atoms with Crippen molar-refractivity contribution < 1.29 is 19.1 Å². The molecule has 6 nitrogen and oxygen atoms in total. The Kier molecular flexibility index (Phi) is 2.86. The summed E-state index contributed by atoms with van der Waals surface area (Å²) in [6.45, 7) is 0.0908. The van der Waals surface area contributed by atoms with E-state index >= 15 is 0 Å². The molecular weight excluding hydrogens is 226 g/mol. The molecular formula is C11H11NO5. The maximum Gasteiger partial charge on any atom is 0.419 e. The molecule has 1 N–H and O–H groups in total. The molecule has 1 aromatic heterocycles. The molecule has 2 rings (SSSR count). The van der Waals surface area contributed by atoms with Gasteiger partial charge in [0.05, 0.1) is 19.0 Å². The lowest BCUT2D eigenvalue weighted by molar-refractivity contribution is -0.137. The van der Waals surface area contributed by atoms with Gasteiger partial charge in [0.15, 0.2) is 5.58 Å². The molecule has 2 aromatic rings. The third-order valence-corrected chi connectivity index (χ3v) is 2.42. The molecule has 0 aliphatic heterocycles. The van der Waals surface area contributed by atoms with Crippen LogP contribution in [-0.4, -0.2) is 22.8 Å². The molecule has 0 amide bonds. The maximum atomic E-state index is 11.5. The summed E-state index contributed by atoms with van der Waals surface area (Å²) < 4.78 is 11.3. The number of ether oxygens (including phenoxy) is 1. The smallest absolute Gasteiger partial charge is 0.419 e. The van der Waals surface area contributed by atoms with Crippen LogP contribution in [0.3, 0.4) is 0 Å². The number of carboxylic acid groups (broad SMARTS) is 1. The monoisotopic (exact) mass is 237 g/mol. The highest BCUT2D eigenvalue weighted by Crippen LogP contribution is 2.19. The predicted octanol–water partition coefficient (Wildman–Crippen LogP) is 1.08. The third-order valence-electron chi connectivity index (χ3n) is 2.42. The van der Waals surface area contributed by atoms with E-state index in [0.717, 1.165) is 0 Å². The standard InChI is InChI=1S/C11H11NO5/c1-16-7-2-3-8-9(6-7)17-11(15)12(8)5-4-10(13)14/h2-3,6H,4-5H2,1H3,(H,13,14). The van der Waals surface area contributed by atoms with Crippen molar-refractivity contribution in [3.63, 3.8) is 0 Å². The quantitative estimate of drug-likeness (QED) is 0.860. The zero-order valence-electron chi connectivity index (χ0n) is 9.17. The second-order valence-electron chi connectivity index (χ2n) is 3.50. The molecule has 90 valence electrons. The van der Waals surface area contributed by atoms with Crippen molar-refractivity contribution in [2.24, 2.45) is 0 Å². The first-order chi connectivity index (χ1) is 8.11.